The van der Waals surface area contributed by atoms with E-state index in [-0.39, 0.29) is 17.7 Å². The van der Waals surface area contributed by atoms with E-state index in [1.165, 1.54) is 0 Å². The van der Waals surface area contributed by atoms with Gasteiger partial charge in [-0.15, -0.1) is 0 Å². The molecule has 8 heteroatoms. The van der Waals surface area contributed by atoms with Gasteiger partial charge in [0.1, 0.15) is 5.69 Å². The molecule has 1 fully saturated rings. The van der Waals surface area contributed by atoms with E-state index in [2.05, 4.69) is 0 Å². The summed E-state index contributed by atoms with van der Waals surface area (Å²) in [7, 11) is 0. The van der Waals surface area contributed by atoms with Crippen molar-refractivity contribution < 1.29 is 23.2 Å². The van der Waals surface area contributed by atoms with Crippen molar-refractivity contribution in [3.63, 3.8) is 0 Å². The smallest absolute Gasteiger partial charge is 0.396 e. The van der Waals surface area contributed by atoms with Crippen LogP contribution in [0.1, 0.15) is 12.5 Å². The minimum atomic E-state index is -4.61. The molecule has 1 aliphatic heterocycles. The van der Waals surface area contributed by atoms with Crippen molar-refractivity contribution >= 4 is 11.4 Å². The minimum absolute atomic E-state index is 0.0715. The van der Waals surface area contributed by atoms with Crippen molar-refractivity contribution in [1.82, 2.24) is 0 Å². The molecule has 0 unspecified atom stereocenters. The van der Waals surface area contributed by atoms with E-state index in [0.29, 0.717) is 19.2 Å². The Labute approximate surface area is 112 Å². The van der Waals surface area contributed by atoms with Crippen LogP contribution in [0.15, 0.2) is 18.2 Å². The summed E-state index contributed by atoms with van der Waals surface area (Å²) < 4.78 is 37.7. The molecule has 5 nitrogen and oxygen atoms in total. The van der Waals surface area contributed by atoms with Gasteiger partial charge in [0.15, 0.2) is 0 Å². The van der Waals surface area contributed by atoms with Crippen molar-refractivity contribution in [3.8, 4) is 0 Å². The average molecular weight is 290 g/mol. The molecule has 0 aliphatic carbocycles. The van der Waals surface area contributed by atoms with Gasteiger partial charge in [-0.1, -0.05) is 6.92 Å². The fourth-order valence-electron chi connectivity index (χ4n) is 2.26. The number of aliphatic hydroxyl groups is 1. The van der Waals surface area contributed by atoms with Crippen molar-refractivity contribution in [2.75, 3.05) is 24.6 Å². The molecule has 0 spiro atoms. The molecule has 1 saturated heterocycles. The average Bonchev–Trinajstić information content (AvgIpc) is 2.33. The van der Waals surface area contributed by atoms with Crippen LogP contribution in [0.25, 0.3) is 0 Å². The van der Waals surface area contributed by atoms with Crippen molar-refractivity contribution in [3.05, 3.63) is 33.9 Å². The predicted molar refractivity (Wildman–Crippen MR) is 65.5 cm³/mol. The Hall–Kier alpha value is -1.83. The summed E-state index contributed by atoms with van der Waals surface area (Å²) in [6.07, 6.45) is -4.61. The first-order valence-corrected chi connectivity index (χ1v) is 5.88. The number of nitro groups is 1. The lowest BCUT2D eigenvalue weighted by molar-refractivity contribution is -0.384. The van der Waals surface area contributed by atoms with Crippen LogP contribution in [0, 0.1) is 15.5 Å². The Morgan fingerprint density at radius 2 is 2.05 bits per heavy atom. The molecule has 110 valence electrons. The van der Waals surface area contributed by atoms with E-state index in [0.717, 1.165) is 12.1 Å². The largest absolute Gasteiger partial charge is 0.416 e. The zero-order valence-corrected chi connectivity index (χ0v) is 10.6. The molecule has 1 aliphatic rings. The van der Waals surface area contributed by atoms with Gasteiger partial charge < -0.3 is 10.0 Å². The first kappa shape index (κ1) is 14.6. The number of rotatable bonds is 3. The number of hydrogen-bond acceptors (Lipinski definition) is 4. The zero-order valence-electron chi connectivity index (χ0n) is 10.6. The molecule has 1 N–H and O–H groups in total. The van der Waals surface area contributed by atoms with E-state index in [9.17, 15) is 23.3 Å². The number of benzene rings is 1. The van der Waals surface area contributed by atoms with Crippen LogP contribution < -0.4 is 4.90 Å². The standard InChI is InChI=1S/C12H13F3N2O3/c1-11(7-18)5-16(6-11)9-3-2-8(12(13,14)15)4-10(9)17(19)20/h2-4,18H,5-7H2,1H3. The topological polar surface area (TPSA) is 66.6 Å². The Morgan fingerprint density at radius 1 is 1.45 bits per heavy atom. The fourth-order valence-corrected chi connectivity index (χ4v) is 2.26. The van der Waals surface area contributed by atoms with E-state index >= 15 is 0 Å². The number of halogens is 3. The third kappa shape index (κ3) is 2.55. The fraction of sp³-hybridized carbons (Fsp3) is 0.500. The summed E-state index contributed by atoms with van der Waals surface area (Å²) in [6, 6.07) is 2.48. The van der Waals surface area contributed by atoms with E-state index in [1.54, 1.807) is 11.8 Å². The van der Waals surface area contributed by atoms with Gasteiger partial charge in [0, 0.05) is 24.6 Å². The molecular weight excluding hydrogens is 277 g/mol. The predicted octanol–water partition coefficient (Wildman–Crippen LogP) is 2.43. The lowest BCUT2D eigenvalue weighted by Gasteiger charge is -2.48. The lowest BCUT2D eigenvalue weighted by atomic mass is 9.82. The summed E-state index contributed by atoms with van der Waals surface area (Å²) in [5, 5.41) is 20.1. The molecule has 0 atom stereocenters. The summed E-state index contributed by atoms with van der Waals surface area (Å²) in [6.45, 7) is 2.47. The maximum Gasteiger partial charge on any atom is 0.416 e. The molecule has 0 amide bonds. The second-order valence-corrected chi connectivity index (χ2v) is 5.28. The zero-order chi connectivity index (χ0) is 15.1. The second-order valence-electron chi connectivity index (χ2n) is 5.28. The lowest BCUT2D eigenvalue weighted by Crippen LogP contribution is -2.56. The van der Waals surface area contributed by atoms with E-state index in [4.69, 9.17) is 5.11 Å². The van der Waals surface area contributed by atoms with E-state index < -0.39 is 22.4 Å². The highest BCUT2D eigenvalue weighted by molar-refractivity contribution is 5.66. The first-order chi connectivity index (χ1) is 9.16. The van der Waals surface area contributed by atoms with Crippen molar-refractivity contribution in [2.45, 2.75) is 13.1 Å². The molecule has 1 aromatic rings. The van der Waals surface area contributed by atoms with Crippen molar-refractivity contribution in [1.29, 1.82) is 0 Å². The molecular formula is C12H13F3N2O3. The molecule has 1 heterocycles. The third-order valence-electron chi connectivity index (χ3n) is 3.37. The third-order valence-corrected chi connectivity index (χ3v) is 3.37. The number of nitro benzene ring substituents is 1. The molecule has 20 heavy (non-hydrogen) atoms. The molecule has 1 aromatic carbocycles. The highest BCUT2D eigenvalue weighted by Gasteiger charge is 2.41. The normalized spacial score (nSPS) is 17.8. The first-order valence-electron chi connectivity index (χ1n) is 5.88. The van der Waals surface area contributed by atoms with Gasteiger partial charge >= 0.3 is 6.18 Å². The van der Waals surface area contributed by atoms with Crippen LogP contribution in [0.4, 0.5) is 24.5 Å². The van der Waals surface area contributed by atoms with Crippen LogP contribution in [-0.2, 0) is 6.18 Å². The summed E-state index contributed by atoms with van der Waals surface area (Å²) >= 11 is 0. The van der Waals surface area contributed by atoms with Crippen LogP contribution >= 0.6 is 0 Å². The monoisotopic (exact) mass is 290 g/mol. The molecule has 2 rings (SSSR count). The van der Waals surface area contributed by atoms with Gasteiger partial charge in [0.25, 0.3) is 5.69 Å². The maximum absolute atomic E-state index is 12.6. The van der Waals surface area contributed by atoms with Gasteiger partial charge in [-0.3, -0.25) is 10.1 Å². The summed E-state index contributed by atoms with van der Waals surface area (Å²) in [4.78, 5) is 11.7. The van der Waals surface area contributed by atoms with Crippen molar-refractivity contribution in [2.24, 2.45) is 5.41 Å². The SMILES string of the molecule is CC1(CO)CN(c2ccc(C(F)(F)F)cc2[N+](=O)[O-])C1. The van der Waals surface area contributed by atoms with Gasteiger partial charge in [-0.2, -0.15) is 13.2 Å². The molecule has 0 radical (unpaired) electrons. The van der Waals surface area contributed by atoms with E-state index in [1.807, 2.05) is 0 Å². The Bertz CT molecular complexity index is 539. The quantitative estimate of drug-likeness (QED) is 0.686. The van der Waals surface area contributed by atoms with Crippen LogP contribution in [0.3, 0.4) is 0 Å². The minimum Gasteiger partial charge on any atom is -0.396 e. The van der Waals surface area contributed by atoms with Crippen LogP contribution in [0.2, 0.25) is 0 Å². The summed E-state index contributed by atoms with van der Waals surface area (Å²) in [5.74, 6) is 0. The maximum atomic E-state index is 12.6. The number of alkyl halides is 3. The molecule has 0 bridgehead atoms. The number of anilines is 1. The van der Waals surface area contributed by atoms with Gasteiger partial charge in [-0.25, -0.2) is 0 Å². The van der Waals surface area contributed by atoms with Gasteiger partial charge in [0.2, 0.25) is 0 Å². The second kappa shape index (κ2) is 4.62. The van der Waals surface area contributed by atoms with Gasteiger partial charge in [0.05, 0.1) is 17.1 Å². The number of aliphatic hydroxyl groups excluding tert-OH is 1. The molecule has 0 saturated carbocycles. The highest BCUT2D eigenvalue weighted by Crippen LogP contribution is 2.41. The van der Waals surface area contributed by atoms with Gasteiger partial charge in [-0.05, 0) is 12.1 Å². The molecule has 0 aromatic heterocycles. The van der Waals surface area contributed by atoms with Crippen LogP contribution in [-0.4, -0.2) is 29.7 Å². The Morgan fingerprint density at radius 3 is 2.50 bits per heavy atom. The summed E-state index contributed by atoms with van der Waals surface area (Å²) in [5.41, 5.74) is -1.83. The number of hydrogen-bond donors (Lipinski definition) is 1. The van der Waals surface area contributed by atoms with Crippen LogP contribution in [0.5, 0.6) is 0 Å². The Balaban J connectivity index is 2.33. The number of nitrogens with zero attached hydrogens (tertiary/aromatic N) is 2. The Kier molecular flexibility index (Phi) is 3.37. The highest BCUT2D eigenvalue weighted by atomic mass is 19.4.